The molecule has 0 bridgehead atoms. The lowest BCUT2D eigenvalue weighted by Gasteiger charge is -2.59. The number of allylic oxidation sites excluding steroid dienone is 2. The zero-order chi connectivity index (χ0) is 17.3. The third-order valence-corrected chi connectivity index (χ3v) is 8.90. The van der Waals surface area contributed by atoms with Crippen LogP contribution in [0.2, 0.25) is 0 Å². The highest BCUT2D eigenvalue weighted by atomic mass is 16.7. The van der Waals surface area contributed by atoms with E-state index in [1.54, 1.807) is 0 Å². The summed E-state index contributed by atoms with van der Waals surface area (Å²) in [4.78, 5) is 0. The molecule has 4 fully saturated rings. The van der Waals surface area contributed by atoms with Crippen LogP contribution in [-0.2, 0) is 9.47 Å². The van der Waals surface area contributed by atoms with Gasteiger partial charge in [-0.15, -0.1) is 0 Å². The van der Waals surface area contributed by atoms with E-state index in [1.165, 1.54) is 31.3 Å². The van der Waals surface area contributed by atoms with Gasteiger partial charge in [-0.1, -0.05) is 24.6 Å². The third-order valence-electron chi connectivity index (χ3n) is 8.90. The van der Waals surface area contributed by atoms with Gasteiger partial charge in [0.2, 0.25) is 0 Å². The van der Waals surface area contributed by atoms with Crippen LogP contribution in [0.5, 0.6) is 0 Å². The molecule has 0 aromatic heterocycles. The molecule has 0 amide bonds. The highest BCUT2D eigenvalue weighted by Gasteiger charge is 2.66. The standard InChI is InChI=1S/C21H31NO3/c1-19-8-5-15(22-23)13-14(19)3-4-16-17(19)6-9-20(2)18(16)7-10-21(20)24-11-12-25-21/h13,16-18,23H,3-12H2,1-2H3/t16-,17+,18+,19+,20+/m1/s1. The molecule has 1 heterocycles. The largest absolute Gasteiger partial charge is 0.411 e. The Balaban J connectivity index is 1.48. The average molecular weight is 345 g/mol. The minimum atomic E-state index is -0.289. The van der Waals surface area contributed by atoms with E-state index in [1.807, 2.05) is 0 Å². The summed E-state index contributed by atoms with van der Waals surface area (Å²) in [6.07, 6.45) is 11.5. The molecule has 1 saturated heterocycles. The first-order chi connectivity index (χ1) is 12.0. The summed E-state index contributed by atoms with van der Waals surface area (Å²) in [5.41, 5.74) is 2.90. The van der Waals surface area contributed by atoms with Crippen molar-refractivity contribution in [3.05, 3.63) is 11.6 Å². The van der Waals surface area contributed by atoms with Crippen molar-refractivity contribution in [3.63, 3.8) is 0 Å². The van der Waals surface area contributed by atoms with Crippen LogP contribution in [0.15, 0.2) is 16.8 Å². The van der Waals surface area contributed by atoms with Crippen molar-refractivity contribution >= 4 is 5.71 Å². The molecule has 5 aliphatic rings. The molecule has 3 saturated carbocycles. The fourth-order valence-electron chi connectivity index (χ4n) is 7.54. The van der Waals surface area contributed by atoms with Crippen LogP contribution in [0, 0.1) is 28.6 Å². The quantitative estimate of drug-likeness (QED) is 0.519. The summed E-state index contributed by atoms with van der Waals surface area (Å²) in [5.74, 6) is 2.00. The molecule has 0 unspecified atom stereocenters. The predicted molar refractivity (Wildman–Crippen MR) is 95.6 cm³/mol. The van der Waals surface area contributed by atoms with E-state index in [-0.39, 0.29) is 11.2 Å². The van der Waals surface area contributed by atoms with Gasteiger partial charge < -0.3 is 14.7 Å². The predicted octanol–water partition coefficient (Wildman–Crippen LogP) is 4.52. The second-order valence-electron chi connectivity index (χ2n) is 9.54. The first-order valence-electron chi connectivity index (χ1n) is 10.2. The summed E-state index contributed by atoms with van der Waals surface area (Å²) in [6, 6.07) is 0. The van der Waals surface area contributed by atoms with Gasteiger partial charge in [0.15, 0.2) is 5.79 Å². The zero-order valence-electron chi connectivity index (χ0n) is 15.6. The van der Waals surface area contributed by atoms with Gasteiger partial charge in [0.1, 0.15) is 0 Å². The van der Waals surface area contributed by atoms with E-state index in [2.05, 4.69) is 25.1 Å². The summed E-state index contributed by atoms with van der Waals surface area (Å²) in [5, 5.41) is 12.7. The van der Waals surface area contributed by atoms with Gasteiger partial charge in [-0.05, 0) is 74.2 Å². The second kappa shape index (κ2) is 5.32. The Morgan fingerprint density at radius 1 is 1.00 bits per heavy atom. The zero-order valence-corrected chi connectivity index (χ0v) is 15.6. The minimum Gasteiger partial charge on any atom is -0.411 e. The van der Waals surface area contributed by atoms with Gasteiger partial charge in [0, 0.05) is 11.8 Å². The van der Waals surface area contributed by atoms with E-state index in [0.29, 0.717) is 5.41 Å². The molecule has 4 aliphatic carbocycles. The smallest absolute Gasteiger partial charge is 0.174 e. The van der Waals surface area contributed by atoms with Crippen molar-refractivity contribution in [2.24, 2.45) is 33.7 Å². The number of hydrogen-bond acceptors (Lipinski definition) is 4. The van der Waals surface area contributed by atoms with Gasteiger partial charge in [0.25, 0.3) is 0 Å². The van der Waals surface area contributed by atoms with E-state index >= 15 is 0 Å². The topological polar surface area (TPSA) is 51.1 Å². The minimum absolute atomic E-state index is 0.189. The van der Waals surface area contributed by atoms with Crippen LogP contribution < -0.4 is 0 Å². The Morgan fingerprint density at radius 3 is 2.52 bits per heavy atom. The fraction of sp³-hybridized carbons (Fsp3) is 0.857. The van der Waals surface area contributed by atoms with Crippen molar-refractivity contribution in [1.29, 1.82) is 0 Å². The molecule has 4 nitrogen and oxygen atoms in total. The highest BCUT2D eigenvalue weighted by molar-refractivity contribution is 5.96. The van der Waals surface area contributed by atoms with Crippen LogP contribution in [-0.4, -0.2) is 29.9 Å². The highest BCUT2D eigenvalue weighted by Crippen LogP contribution is 2.68. The van der Waals surface area contributed by atoms with Crippen molar-refractivity contribution < 1.29 is 14.7 Å². The number of oxime groups is 1. The van der Waals surface area contributed by atoms with Crippen molar-refractivity contribution in [2.75, 3.05) is 13.2 Å². The van der Waals surface area contributed by atoms with Gasteiger partial charge in [0.05, 0.1) is 18.9 Å². The first-order valence-corrected chi connectivity index (χ1v) is 10.2. The molecule has 0 aromatic carbocycles. The Kier molecular flexibility index (Phi) is 3.47. The lowest BCUT2D eigenvalue weighted by molar-refractivity contribution is -0.242. The average Bonchev–Trinajstić information content (AvgIpc) is 3.21. The molecule has 5 atom stereocenters. The Morgan fingerprint density at radius 2 is 1.76 bits per heavy atom. The monoisotopic (exact) mass is 345 g/mol. The van der Waals surface area contributed by atoms with Gasteiger partial charge in [-0.2, -0.15) is 0 Å². The molecule has 1 spiro atoms. The maximum atomic E-state index is 9.19. The molecule has 138 valence electrons. The van der Waals surface area contributed by atoms with E-state index in [4.69, 9.17) is 9.47 Å². The van der Waals surface area contributed by atoms with E-state index in [9.17, 15) is 5.21 Å². The summed E-state index contributed by atoms with van der Waals surface area (Å²) in [7, 11) is 0. The molecule has 25 heavy (non-hydrogen) atoms. The number of hydrogen-bond donors (Lipinski definition) is 1. The van der Waals surface area contributed by atoms with Gasteiger partial charge >= 0.3 is 0 Å². The van der Waals surface area contributed by atoms with Crippen molar-refractivity contribution in [1.82, 2.24) is 0 Å². The fourth-order valence-corrected chi connectivity index (χ4v) is 7.54. The van der Waals surface area contributed by atoms with Gasteiger partial charge in [-0.3, -0.25) is 0 Å². The van der Waals surface area contributed by atoms with Crippen LogP contribution in [0.1, 0.15) is 65.2 Å². The first kappa shape index (κ1) is 16.3. The molecular weight excluding hydrogens is 314 g/mol. The molecule has 4 heteroatoms. The lowest BCUT2D eigenvalue weighted by Crippen LogP contribution is -2.55. The Hall–Kier alpha value is -0.870. The maximum absolute atomic E-state index is 9.19. The summed E-state index contributed by atoms with van der Waals surface area (Å²) >= 11 is 0. The normalized spacial score (nSPS) is 49.6. The SMILES string of the molecule is C[C@]12CCC(=NO)C=C1CC[C@@H]1[C@@H]2CC[C@@]2(C)[C@H]1CCC21OCCO1. The van der Waals surface area contributed by atoms with Gasteiger partial charge in [-0.25, -0.2) is 0 Å². The Labute approximate surface area is 150 Å². The number of rotatable bonds is 0. The second-order valence-corrected chi connectivity index (χ2v) is 9.54. The number of ether oxygens (including phenoxy) is 2. The molecule has 1 aliphatic heterocycles. The summed E-state index contributed by atoms with van der Waals surface area (Å²) in [6.45, 7) is 6.48. The summed E-state index contributed by atoms with van der Waals surface area (Å²) < 4.78 is 12.5. The molecule has 0 radical (unpaired) electrons. The molecule has 5 rings (SSSR count). The van der Waals surface area contributed by atoms with E-state index < -0.39 is 0 Å². The van der Waals surface area contributed by atoms with Crippen LogP contribution in [0.4, 0.5) is 0 Å². The molecular formula is C21H31NO3. The van der Waals surface area contributed by atoms with E-state index in [0.717, 1.165) is 62.4 Å². The molecule has 1 N–H and O–H groups in total. The third kappa shape index (κ3) is 1.98. The number of fused-ring (bicyclic) bond motifs is 6. The lowest BCUT2D eigenvalue weighted by atomic mass is 9.47. The van der Waals surface area contributed by atoms with Crippen LogP contribution in [0.25, 0.3) is 0 Å². The maximum Gasteiger partial charge on any atom is 0.174 e. The van der Waals surface area contributed by atoms with Crippen molar-refractivity contribution in [3.8, 4) is 0 Å². The van der Waals surface area contributed by atoms with Crippen LogP contribution in [0.3, 0.4) is 0 Å². The Bertz CT molecular complexity index is 635. The van der Waals surface area contributed by atoms with Crippen molar-refractivity contribution in [2.45, 2.75) is 71.0 Å². The van der Waals surface area contributed by atoms with Crippen LogP contribution >= 0.6 is 0 Å². The number of nitrogens with zero attached hydrogens (tertiary/aromatic N) is 1. The molecule has 0 aromatic rings.